The van der Waals surface area contributed by atoms with Gasteiger partial charge in [0.1, 0.15) is 0 Å². The van der Waals surface area contributed by atoms with Crippen LogP contribution in [-0.2, 0) is 11.8 Å². The highest BCUT2D eigenvalue weighted by atomic mass is 15.0. The van der Waals surface area contributed by atoms with Gasteiger partial charge in [-0.15, -0.1) is 0 Å². The Morgan fingerprint density at radius 1 is 0.561 bits per heavy atom. The summed E-state index contributed by atoms with van der Waals surface area (Å²) in [5.41, 5.74) is 13.9. The lowest BCUT2D eigenvalue weighted by Crippen LogP contribution is -2.19. The Hall–Kier alpha value is -4.96. The number of hydrogen-bond acceptors (Lipinski definition) is 4. The Morgan fingerprint density at radius 3 is 1.90 bits per heavy atom. The second-order valence-electron chi connectivity index (χ2n) is 11.7. The van der Waals surface area contributed by atoms with Crippen molar-refractivity contribution in [3.63, 3.8) is 0 Å². The van der Waals surface area contributed by atoms with E-state index in [1.54, 1.807) is 0 Å². The first-order chi connectivity index (χ1) is 20.2. The van der Waals surface area contributed by atoms with Crippen LogP contribution in [0.4, 0.5) is 0 Å². The summed E-state index contributed by atoms with van der Waals surface area (Å²) < 4.78 is 0. The van der Waals surface area contributed by atoms with Crippen LogP contribution in [-0.4, -0.2) is 19.9 Å². The number of nitrogens with zero attached hydrogens (tertiary/aromatic N) is 4. The van der Waals surface area contributed by atoms with Gasteiger partial charge in [-0.05, 0) is 57.7 Å². The molecule has 0 amide bonds. The van der Waals surface area contributed by atoms with E-state index in [4.69, 9.17) is 19.9 Å². The van der Waals surface area contributed by atoms with E-state index in [0.29, 0.717) is 23.4 Å². The van der Waals surface area contributed by atoms with Gasteiger partial charge in [0.2, 0.25) is 0 Å². The normalized spacial score (nSPS) is 19.0. The highest BCUT2D eigenvalue weighted by molar-refractivity contribution is 5.92. The molecule has 6 aromatic rings. The molecule has 2 heterocycles. The monoisotopic (exact) mass is 526 g/mol. The highest BCUT2D eigenvalue weighted by Gasteiger charge is 2.52. The average molecular weight is 527 g/mol. The lowest BCUT2D eigenvalue weighted by Gasteiger charge is -2.27. The molecule has 0 saturated heterocycles. The fourth-order valence-electron chi connectivity index (χ4n) is 7.78. The van der Waals surface area contributed by atoms with Crippen LogP contribution >= 0.6 is 0 Å². The molecular formula is C37H26N4. The molecule has 0 radical (unpaired) electrons. The number of benzene rings is 4. The smallest absolute Gasteiger partial charge is 0.165 e. The maximum Gasteiger partial charge on any atom is 0.165 e. The molecule has 0 aliphatic heterocycles. The lowest BCUT2D eigenvalue weighted by molar-refractivity contribution is 0.514. The van der Waals surface area contributed by atoms with Crippen LogP contribution in [0.25, 0.3) is 56.4 Å². The van der Waals surface area contributed by atoms with Gasteiger partial charge in [-0.1, -0.05) is 104 Å². The molecule has 194 valence electrons. The molecule has 3 aliphatic carbocycles. The molecule has 0 saturated carbocycles. The second-order valence-corrected chi connectivity index (χ2v) is 11.7. The van der Waals surface area contributed by atoms with Gasteiger partial charge < -0.3 is 0 Å². The standard InChI is InChI=1S/C37H26N4/c1-37-19-25-18-24-14-8-9-15-26(24)27-16-17-28(33(37)31(25)27)29-20-38-21-30(32(29)37)36-40-34(22-10-4-2-5-11-22)39-35(41-36)23-12-6-3-7-13-23/h2-17,20-21,25H,18-19H2,1H3. The molecule has 4 heteroatoms. The molecule has 9 rings (SSSR count). The van der Waals surface area contributed by atoms with Crippen molar-refractivity contribution in [2.24, 2.45) is 0 Å². The number of pyridine rings is 1. The Bertz CT molecular complexity index is 1960. The number of hydrogen-bond donors (Lipinski definition) is 0. The summed E-state index contributed by atoms with van der Waals surface area (Å²) in [7, 11) is 0. The first-order valence-electron chi connectivity index (χ1n) is 14.3. The summed E-state index contributed by atoms with van der Waals surface area (Å²) in [6.07, 6.45) is 6.18. The average Bonchev–Trinajstić information content (AvgIpc) is 3.48. The van der Waals surface area contributed by atoms with E-state index in [0.717, 1.165) is 29.5 Å². The van der Waals surface area contributed by atoms with Crippen molar-refractivity contribution in [2.45, 2.75) is 31.1 Å². The SMILES string of the molecule is CC12CC3Cc4ccccc4-c4ccc(c1c43)-c1cncc(-c3nc(-c4ccccc4)nc(-c4ccccc4)n3)c12. The molecule has 0 fully saturated rings. The predicted molar refractivity (Wildman–Crippen MR) is 162 cm³/mol. The topological polar surface area (TPSA) is 51.6 Å². The van der Waals surface area contributed by atoms with Gasteiger partial charge in [0.25, 0.3) is 0 Å². The minimum atomic E-state index is -0.132. The maximum absolute atomic E-state index is 5.10. The van der Waals surface area contributed by atoms with Crippen molar-refractivity contribution in [3.8, 4) is 56.4 Å². The second kappa shape index (κ2) is 8.28. The van der Waals surface area contributed by atoms with E-state index in [1.807, 2.05) is 48.8 Å². The molecule has 2 aromatic heterocycles. The third-order valence-electron chi connectivity index (χ3n) is 9.36. The molecule has 0 bridgehead atoms. The largest absolute Gasteiger partial charge is 0.263 e. The molecule has 41 heavy (non-hydrogen) atoms. The van der Waals surface area contributed by atoms with Crippen molar-refractivity contribution in [2.75, 3.05) is 0 Å². The van der Waals surface area contributed by atoms with Crippen LogP contribution in [0.15, 0.2) is 109 Å². The van der Waals surface area contributed by atoms with Crippen LogP contribution in [0, 0.1) is 0 Å². The Balaban J connectivity index is 1.28. The van der Waals surface area contributed by atoms with Gasteiger partial charge in [-0.25, -0.2) is 15.0 Å². The summed E-state index contributed by atoms with van der Waals surface area (Å²) in [5.74, 6) is 2.54. The van der Waals surface area contributed by atoms with Crippen molar-refractivity contribution >= 4 is 0 Å². The van der Waals surface area contributed by atoms with E-state index in [1.165, 1.54) is 44.5 Å². The Morgan fingerprint density at radius 2 is 1.17 bits per heavy atom. The van der Waals surface area contributed by atoms with Crippen LogP contribution in [0.2, 0.25) is 0 Å². The fourth-order valence-corrected chi connectivity index (χ4v) is 7.78. The van der Waals surface area contributed by atoms with Crippen molar-refractivity contribution in [1.29, 1.82) is 0 Å². The van der Waals surface area contributed by atoms with Gasteiger partial charge in [0, 0.05) is 40.1 Å². The number of fused-ring (bicyclic) bond motifs is 5. The zero-order valence-corrected chi connectivity index (χ0v) is 22.7. The number of rotatable bonds is 3. The summed E-state index contributed by atoms with van der Waals surface area (Å²) >= 11 is 0. The molecule has 2 unspecified atom stereocenters. The molecule has 4 nitrogen and oxygen atoms in total. The first kappa shape index (κ1) is 22.8. The van der Waals surface area contributed by atoms with Gasteiger partial charge in [-0.3, -0.25) is 4.98 Å². The van der Waals surface area contributed by atoms with E-state index in [-0.39, 0.29) is 5.41 Å². The molecule has 4 aromatic carbocycles. The maximum atomic E-state index is 5.10. The minimum absolute atomic E-state index is 0.132. The van der Waals surface area contributed by atoms with Gasteiger partial charge in [-0.2, -0.15) is 0 Å². The highest BCUT2D eigenvalue weighted by Crippen LogP contribution is 2.64. The van der Waals surface area contributed by atoms with Gasteiger partial charge in [0.15, 0.2) is 17.5 Å². The Kier molecular flexibility index (Phi) is 4.61. The third-order valence-corrected chi connectivity index (χ3v) is 9.36. The lowest BCUT2D eigenvalue weighted by atomic mass is 9.77. The Labute approximate surface area is 238 Å². The van der Waals surface area contributed by atoms with Crippen molar-refractivity contribution in [1.82, 2.24) is 19.9 Å². The van der Waals surface area contributed by atoms with Gasteiger partial charge >= 0.3 is 0 Å². The number of aromatic nitrogens is 4. The molecular weight excluding hydrogens is 500 g/mol. The summed E-state index contributed by atoms with van der Waals surface area (Å²) in [6, 6.07) is 34.0. The van der Waals surface area contributed by atoms with Crippen molar-refractivity contribution < 1.29 is 0 Å². The van der Waals surface area contributed by atoms with E-state index < -0.39 is 0 Å². The summed E-state index contributed by atoms with van der Waals surface area (Å²) in [6.45, 7) is 2.43. The van der Waals surface area contributed by atoms with E-state index >= 15 is 0 Å². The van der Waals surface area contributed by atoms with Crippen molar-refractivity contribution in [3.05, 3.63) is 132 Å². The van der Waals surface area contributed by atoms with E-state index in [9.17, 15) is 0 Å². The summed E-state index contributed by atoms with van der Waals surface area (Å²) in [4.78, 5) is 19.9. The quantitative estimate of drug-likeness (QED) is 0.233. The zero-order valence-electron chi connectivity index (χ0n) is 22.7. The first-order valence-corrected chi connectivity index (χ1v) is 14.3. The molecule has 0 spiro atoms. The van der Waals surface area contributed by atoms with Crippen LogP contribution in [0.1, 0.15) is 41.5 Å². The minimum Gasteiger partial charge on any atom is -0.263 e. The van der Waals surface area contributed by atoms with E-state index in [2.05, 4.69) is 67.6 Å². The van der Waals surface area contributed by atoms with Gasteiger partial charge in [0.05, 0.1) is 0 Å². The summed E-state index contributed by atoms with van der Waals surface area (Å²) in [5, 5.41) is 0. The molecule has 0 N–H and O–H groups in total. The van der Waals surface area contributed by atoms with Crippen LogP contribution in [0.3, 0.4) is 0 Å². The molecule has 3 aliphatic rings. The predicted octanol–water partition coefficient (Wildman–Crippen LogP) is 8.26. The zero-order chi connectivity index (χ0) is 27.1. The molecule has 2 atom stereocenters. The van der Waals surface area contributed by atoms with Crippen LogP contribution < -0.4 is 0 Å². The van der Waals surface area contributed by atoms with Crippen LogP contribution in [0.5, 0.6) is 0 Å². The fraction of sp³-hybridized carbons (Fsp3) is 0.135. The third kappa shape index (κ3) is 3.16.